The van der Waals surface area contributed by atoms with Gasteiger partial charge in [0.15, 0.2) is 0 Å². The zero-order valence-electron chi connectivity index (χ0n) is 9.48. The first kappa shape index (κ1) is 13.0. The molecule has 18 heavy (non-hydrogen) atoms. The number of nitrogens with one attached hydrogen (secondary N) is 1. The van der Waals surface area contributed by atoms with Crippen molar-refractivity contribution in [3.63, 3.8) is 0 Å². The molecule has 1 heterocycles. The van der Waals surface area contributed by atoms with Crippen molar-refractivity contribution < 1.29 is 19.4 Å². The summed E-state index contributed by atoms with van der Waals surface area (Å²) < 4.78 is 5.70. The van der Waals surface area contributed by atoms with Gasteiger partial charge in [-0.2, -0.15) is 0 Å². The van der Waals surface area contributed by atoms with Crippen LogP contribution < -0.4 is 5.32 Å². The highest BCUT2D eigenvalue weighted by Crippen LogP contribution is 2.25. The van der Waals surface area contributed by atoms with Crippen molar-refractivity contribution in [3.05, 3.63) is 28.2 Å². The highest BCUT2D eigenvalue weighted by molar-refractivity contribution is 9.10. The maximum absolute atomic E-state index is 11.9. The molecule has 1 aromatic carbocycles. The number of amides is 1. The summed E-state index contributed by atoms with van der Waals surface area (Å²) in [7, 11) is 0. The zero-order valence-corrected chi connectivity index (χ0v) is 11.1. The second kappa shape index (κ2) is 5.49. The van der Waals surface area contributed by atoms with Gasteiger partial charge in [-0.15, -0.1) is 0 Å². The minimum atomic E-state index is -1.00. The summed E-state index contributed by atoms with van der Waals surface area (Å²) >= 11 is 3.24. The first-order valence-corrected chi connectivity index (χ1v) is 6.28. The van der Waals surface area contributed by atoms with Gasteiger partial charge in [0.2, 0.25) is 5.91 Å². The van der Waals surface area contributed by atoms with Crippen LogP contribution in [0.4, 0.5) is 5.69 Å². The van der Waals surface area contributed by atoms with E-state index in [0.29, 0.717) is 23.4 Å². The molecule has 1 aliphatic heterocycles. The van der Waals surface area contributed by atoms with Crippen LogP contribution in [0.15, 0.2) is 22.7 Å². The molecule has 2 rings (SSSR count). The lowest BCUT2D eigenvalue weighted by Gasteiger charge is -2.11. The molecule has 5 nitrogen and oxygen atoms in total. The van der Waals surface area contributed by atoms with Crippen molar-refractivity contribution in [1.29, 1.82) is 0 Å². The van der Waals surface area contributed by atoms with E-state index in [4.69, 9.17) is 9.84 Å². The molecular weight excluding hydrogens is 302 g/mol. The number of halogens is 1. The quantitative estimate of drug-likeness (QED) is 0.896. The smallest absolute Gasteiger partial charge is 0.335 e. The third-order valence-electron chi connectivity index (χ3n) is 2.77. The van der Waals surface area contributed by atoms with Crippen LogP contribution in [0, 0.1) is 5.92 Å². The monoisotopic (exact) mass is 313 g/mol. The lowest BCUT2D eigenvalue weighted by atomic mass is 10.1. The molecule has 2 N–H and O–H groups in total. The molecule has 1 fully saturated rings. The third kappa shape index (κ3) is 2.88. The molecule has 1 saturated heterocycles. The van der Waals surface area contributed by atoms with Crippen molar-refractivity contribution >= 4 is 33.5 Å². The van der Waals surface area contributed by atoms with Gasteiger partial charge in [0.05, 0.1) is 23.8 Å². The number of anilines is 1. The van der Waals surface area contributed by atoms with E-state index in [2.05, 4.69) is 21.2 Å². The number of ether oxygens (including phenoxy) is 1. The molecule has 1 aliphatic rings. The van der Waals surface area contributed by atoms with E-state index in [9.17, 15) is 9.59 Å². The molecule has 0 bridgehead atoms. The van der Waals surface area contributed by atoms with Crippen molar-refractivity contribution in [3.8, 4) is 0 Å². The van der Waals surface area contributed by atoms with Gasteiger partial charge < -0.3 is 15.2 Å². The Morgan fingerprint density at radius 3 is 2.78 bits per heavy atom. The van der Waals surface area contributed by atoms with Crippen molar-refractivity contribution in [2.45, 2.75) is 6.42 Å². The molecule has 0 spiro atoms. The standard InChI is InChI=1S/C12H12BrNO4/c13-9-5-7(12(16)17)1-2-10(9)14-11(15)8-3-4-18-6-8/h1-2,5,8H,3-4,6H2,(H,14,15)(H,16,17). The number of benzene rings is 1. The number of carbonyl (C=O) groups is 2. The van der Waals surface area contributed by atoms with Crippen LogP contribution in [0.3, 0.4) is 0 Å². The summed E-state index contributed by atoms with van der Waals surface area (Å²) in [6, 6.07) is 4.48. The Balaban J connectivity index is 2.09. The van der Waals surface area contributed by atoms with Crippen LogP contribution in [0.1, 0.15) is 16.8 Å². The van der Waals surface area contributed by atoms with E-state index < -0.39 is 5.97 Å². The van der Waals surface area contributed by atoms with E-state index in [-0.39, 0.29) is 17.4 Å². The van der Waals surface area contributed by atoms with Crippen LogP contribution in [0.25, 0.3) is 0 Å². The van der Waals surface area contributed by atoms with Gasteiger partial charge >= 0.3 is 5.97 Å². The number of hydrogen-bond donors (Lipinski definition) is 2. The van der Waals surface area contributed by atoms with Crippen LogP contribution in [0.5, 0.6) is 0 Å². The Hall–Kier alpha value is -1.40. The largest absolute Gasteiger partial charge is 0.478 e. The highest BCUT2D eigenvalue weighted by atomic mass is 79.9. The Morgan fingerprint density at radius 2 is 2.22 bits per heavy atom. The minimum Gasteiger partial charge on any atom is -0.478 e. The number of carboxylic acids is 1. The summed E-state index contributed by atoms with van der Waals surface area (Å²) in [6.07, 6.45) is 0.719. The average Bonchev–Trinajstić information content (AvgIpc) is 2.85. The summed E-state index contributed by atoms with van der Waals surface area (Å²) in [4.78, 5) is 22.6. The highest BCUT2D eigenvalue weighted by Gasteiger charge is 2.24. The molecule has 1 amide bonds. The van der Waals surface area contributed by atoms with Crippen LogP contribution in [0.2, 0.25) is 0 Å². The number of aromatic carboxylic acids is 1. The van der Waals surface area contributed by atoms with E-state index in [0.717, 1.165) is 6.42 Å². The first-order chi connectivity index (χ1) is 8.58. The van der Waals surface area contributed by atoms with Gasteiger partial charge in [-0.1, -0.05) is 0 Å². The fourth-order valence-electron chi connectivity index (χ4n) is 1.73. The Morgan fingerprint density at radius 1 is 1.44 bits per heavy atom. The lowest BCUT2D eigenvalue weighted by molar-refractivity contribution is -0.119. The number of hydrogen-bond acceptors (Lipinski definition) is 3. The molecule has 0 aromatic heterocycles. The Kier molecular flexibility index (Phi) is 3.98. The lowest BCUT2D eigenvalue weighted by Crippen LogP contribution is -2.23. The summed E-state index contributed by atoms with van der Waals surface area (Å²) in [5.41, 5.74) is 0.737. The van der Waals surface area contributed by atoms with Crippen LogP contribution in [-0.2, 0) is 9.53 Å². The maximum atomic E-state index is 11.9. The van der Waals surface area contributed by atoms with E-state index in [1.807, 2.05) is 0 Å². The predicted molar refractivity (Wildman–Crippen MR) is 68.7 cm³/mol. The second-order valence-electron chi connectivity index (χ2n) is 4.05. The van der Waals surface area contributed by atoms with Gasteiger partial charge in [-0.3, -0.25) is 4.79 Å². The fraction of sp³-hybridized carbons (Fsp3) is 0.333. The van der Waals surface area contributed by atoms with E-state index >= 15 is 0 Å². The molecule has 1 aromatic rings. The molecule has 96 valence electrons. The van der Waals surface area contributed by atoms with Gasteiger partial charge in [-0.05, 0) is 40.5 Å². The molecule has 0 aliphatic carbocycles. The van der Waals surface area contributed by atoms with Crippen molar-refractivity contribution in [2.75, 3.05) is 18.5 Å². The predicted octanol–water partition coefficient (Wildman–Crippen LogP) is 2.12. The SMILES string of the molecule is O=C(O)c1ccc(NC(=O)C2CCOC2)c(Br)c1. The number of carbonyl (C=O) groups excluding carboxylic acids is 1. The fourth-order valence-corrected chi connectivity index (χ4v) is 2.20. The molecule has 1 atom stereocenters. The average molecular weight is 314 g/mol. The topological polar surface area (TPSA) is 75.6 Å². The van der Waals surface area contributed by atoms with Gasteiger partial charge in [0.1, 0.15) is 0 Å². The van der Waals surface area contributed by atoms with Gasteiger partial charge in [0.25, 0.3) is 0 Å². The zero-order chi connectivity index (χ0) is 13.1. The minimum absolute atomic E-state index is 0.101. The summed E-state index contributed by atoms with van der Waals surface area (Å²) in [5, 5.41) is 11.6. The summed E-state index contributed by atoms with van der Waals surface area (Å²) in [6.45, 7) is 1.05. The van der Waals surface area contributed by atoms with Crippen LogP contribution >= 0.6 is 15.9 Å². The van der Waals surface area contributed by atoms with E-state index in [1.165, 1.54) is 12.1 Å². The van der Waals surface area contributed by atoms with E-state index in [1.54, 1.807) is 6.07 Å². The Bertz CT molecular complexity index is 483. The van der Waals surface area contributed by atoms with Crippen molar-refractivity contribution in [2.24, 2.45) is 5.92 Å². The second-order valence-corrected chi connectivity index (χ2v) is 4.90. The number of carboxylic acid groups (broad SMARTS) is 1. The molecular formula is C12H12BrNO4. The molecule has 1 unspecified atom stereocenters. The normalized spacial score (nSPS) is 18.6. The van der Waals surface area contributed by atoms with Gasteiger partial charge in [0, 0.05) is 11.1 Å². The van der Waals surface area contributed by atoms with Crippen molar-refractivity contribution in [1.82, 2.24) is 0 Å². The van der Waals surface area contributed by atoms with Gasteiger partial charge in [-0.25, -0.2) is 4.79 Å². The summed E-state index contributed by atoms with van der Waals surface area (Å²) in [5.74, 6) is -1.23. The third-order valence-corrected chi connectivity index (χ3v) is 3.43. The molecule has 6 heteroatoms. The first-order valence-electron chi connectivity index (χ1n) is 5.49. The maximum Gasteiger partial charge on any atom is 0.335 e. The molecule has 0 saturated carbocycles. The molecule has 0 radical (unpaired) electrons. The number of rotatable bonds is 3. The Labute approximate surface area is 112 Å². The van der Waals surface area contributed by atoms with Crippen LogP contribution in [-0.4, -0.2) is 30.2 Å².